The molecule has 138 valence electrons. The number of morpholine rings is 1. The SMILES string of the molecule is COc1ccc(OCC(O)CN2CCOCC2)c(C(C)(C)C)c1.Cl. The molecule has 0 aromatic heterocycles. The van der Waals surface area contributed by atoms with Gasteiger partial charge in [0.2, 0.25) is 0 Å². The number of halogens is 1. The van der Waals surface area contributed by atoms with Crippen LogP contribution in [0.15, 0.2) is 18.2 Å². The van der Waals surface area contributed by atoms with Gasteiger partial charge in [-0.15, -0.1) is 12.4 Å². The Morgan fingerprint density at radius 3 is 2.50 bits per heavy atom. The zero-order valence-electron chi connectivity index (χ0n) is 15.1. The Balaban J connectivity index is 0.00000288. The van der Waals surface area contributed by atoms with E-state index in [2.05, 4.69) is 25.7 Å². The second kappa shape index (κ2) is 9.47. The molecule has 1 atom stereocenters. The third-order valence-corrected chi connectivity index (χ3v) is 4.00. The van der Waals surface area contributed by atoms with E-state index in [1.165, 1.54) is 0 Å². The molecule has 0 aliphatic carbocycles. The Labute approximate surface area is 151 Å². The van der Waals surface area contributed by atoms with Crippen molar-refractivity contribution in [3.63, 3.8) is 0 Å². The summed E-state index contributed by atoms with van der Waals surface area (Å²) in [5.41, 5.74) is 1.02. The molecule has 1 aromatic rings. The van der Waals surface area contributed by atoms with Gasteiger partial charge in [-0.2, -0.15) is 0 Å². The van der Waals surface area contributed by atoms with Gasteiger partial charge in [0.15, 0.2) is 0 Å². The summed E-state index contributed by atoms with van der Waals surface area (Å²) in [6, 6.07) is 5.81. The average molecular weight is 360 g/mol. The van der Waals surface area contributed by atoms with E-state index < -0.39 is 6.10 Å². The van der Waals surface area contributed by atoms with Crippen LogP contribution in [0.1, 0.15) is 26.3 Å². The Hall–Kier alpha value is -1.01. The van der Waals surface area contributed by atoms with E-state index >= 15 is 0 Å². The number of aliphatic hydroxyl groups is 1. The molecular weight excluding hydrogens is 330 g/mol. The third-order valence-electron chi connectivity index (χ3n) is 4.00. The van der Waals surface area contributed by atoms with Gasteiger partial charge < -0.3 is 19.3 Å². The Morgan fingerprint density at radius 1 is 1.25 bits per heavy atom. The first kappa shape index (κ1) is 21.0. The molecule has 1 aromatic carbocycles. The van der Waals surface area contributed by atoms with E-state index in [0.29, 0.717) is 6.54 Å². The molecule has 0 saturated carbocycles. The Bertz CT molecular complexity index is 498. The van der Waals surface area contributed by atoms with Crippen molar-refractivity contribution in [1.29, 1.82) is 0 Å². The van der Waals surface area contributed by atoms with Gasteiger partial charge in [0, 0.05) is 25.2 Å². The van der Waals surface area contributed by atoms with Crippen LogP contribution in [0.5, 0.6) is 11.5 Å². The summed E-state index contributed by atoms with van der Waals surface area (Å²) in [4.78, 5) is 2.20. The quantitative estimate of drug-likeness (QED) is 0.845. The summed E-state index contributed by atoms with van der Waals surface area (Å²) in [5, 5.41) is 10.2. The molecule has 0 spiro atoms. The van der Waals surface area contributed by atoms with E-state index in [4.69, 9.17) is 14.2 Å². The summed E-state index contributed by atoms with van der Waals surface area (Å²) in [6.07, 6.45) is -0.511. The highest BCUT2D eigenvalue weighted by Crippen LogP contribution is 2.34. The van der Waals surface area contributed by atoms with Gasteiger partial charge in [0.25, 0.3) is 0 Å². The second-order valence-electron chi connectivity index (χ2n) is 6.99. The van der Waals surface area contributed by atoms with Crippen LogP contribution < -0.4 is 9.47 Å². The maximum atomic E-state index is 10.2. The number of rotatable bonds is 6. The molecule has 0 bridgehead atoms. The van der Waals surface area contributed by atoms with Crippen LogP contribution in [0, 0.1) is 0 Å². The topological polar surface area (TPSA) is 51.2 Å². The van der Waals surface area contributed by atoms with Crippen molar-refractivity contribution in [3.05, 3.63) is 23.8 Å². The number of hydrogen-bond donors (Lipinski definition) is 1. The lowest BCUT2D eigenvalue weighted by molar-refractivity contribution is 0.00449. The van der Waals surface area contributed by atoms with Crippen molar-refractivity contribution in [2.75, 3.05) is 46.6 Å². The summed E-state index contributed by atoms with van der Waals surface area (Å²) in [7, 11) is 1.66. The lowest BCUT2D eigenvalue weighted by atomic mass is 9.86. The predicted molar refractivity (Wildman–Crippen MR) is 97.7 cm³/mol. The summed E-state index contributed by atoms with van der Waals surface area (Å²) < 4.78 is 16.5. The maximum Gasteiger partial charge on any atom is 0.123 e. The molecule has 2 rings (SSSR count). The molecule has 0 amide bonds. The highest BCUT2D eigenvalue weighted by atomic mass is 35.5. The molecule has 0 radical (unpaired) electrons. The molecule has 1 aliphatic heterocycles. The van der Waals surface area contributed by atoms with Gasteiger partial charge in [-0.05, 0) is 23.6 Å². The minimum atomic E-state index is -0.511. The van der Waals surface area contributed by atoms with Crippen LogP contribution in [-0.2, 0) is 10.2 Å². The van der Waals surface area contributed by atoms with Crippen LogP contribution in [-0.4, -0.2) is 62.7 Å². The molecule has 1 saturated heterocycles. The van der Waals surface area contributed by atoms with Crippen LogP contribution >= 0.6 is 12.4 Å². The second-order valence-corrected chi connectivity index (χ2v) is 6.99. The monoisotopic (exact) mass is 359 g/mol. The van der Waals surface area contributed by atoms with Crippen LogP contribution in [0.25, 0.3) is 0 Å². The lowest BCUT2D eigenvalue weighted by Gasteiger charge is -2.29. The minimum absolute atomic E-state index is 0. The van der Waals surface area contributed by atoms with E-state index in [0.717, 1.165) is 43.4 Å². The molecule has 1 heterocycles. The van der Waals surface area contributed by atoms with Crippen molar-refractivity contribution in [1.82, 2.24) is 4.90 Å². The summed E-state index contributed by atoms with van der Waals surface area (Å²) >= 11 is 0. The fourth-order valence-electron chi connectivity index (χ4n) is 2.67. The highest BCUT2D eigenvalue weighted by Gasteiger charge is 2.21. The van der Waals surface area contributed by atoms with Gasteiger partial charge in [-0.3, -0.25) is 4.90 Å². The van der Waals surface area contributed by atoms with E-state index in [1.54, 1.807) is 7.11 Å². The molecule has 1 fully saturated rings. The van der Waals surface area contributed by atoms with Crippen molar-refractivity contribution >= 4 is 12.4 Å². The molecule has 1 unspecified atom stereocenters. The molecule has 5 nitrogen and oxygen atoms in total. The Kier molecular flexibility index (Phi) is 8.30. The Morgan fingerprint density at radius 2 is 1.92 bits per heavy atom. The molecular formula is C18H30ClNO4. The molecule has 6 heteroatoms. The largest absolute Gasteiger partial charge is 0.497 e. The van der Waals surface area contributed by atoms with Crippen LogP contribution in [0.3, 0.4) is 0 Å². The first-order valence-electron chi connectivity index (χ1n) is 8.19. The molecule has 1 aliphatic rings. The number of hydrogen-bond acceptors (Lipinski definition) is 5. The molecule has 24 heavy (non-hydrogen) atoms. The number of ether oxygens (including phenoxy) is 3. The van der Waals surface area contributed by atoms with Gasteiger partial charge >= 0.3 is 0 Å². The van der Waals surface area contributed by atoms with Crippen molar-refractivity contribution in [3.8, 4) is 11.5 Å². The fourth-order valence-corrected chi connectivity index (χ4v) is 2.67. The van der Waals surface area contributed by atoms with Gasteiger partial charge in [0.05, 0.1) is 20.3 Å². The van der Waals surface area contributed by atoms with Gasteiger partial charge in [0.1, 0.15) is 24.2 Å². The van der Waals surface area contributed by atoms with Crippen molar-refractivity contribution in [2.24, 2.45) is 0 Å². The number of β-amino-alcohol motifs (C(OH)–C–C–N with tert-alkyl or cyclic N) is 1. The first-order valence-corrected chi connectivity index (χ1v) is 8.19. The van der Waals surface area contributed by atoms with E-state index in [1.807, 2.05) is 18.2 Å². The zero-order chi connectivity index (χ0) is 16.9. The van der Waals surface area contributed by atoms with Gasteiger partial charge in [-0.1, -0.05) is 20.8 Å². The fraction of sp³-hybridized carbons (Fsp3) is 0.667. The maximum absolute atomic E-state index is 10.2. The van der Waals surface area contributed by atoms with Crippen LogP contribution in [0.2, 0.25) is 0 Å². The lowest BCUT2D eigenvalue weighted by Crippen LogP contribution is -2.42. The van der Waals surface area contributed by atoms with Crippen molar-refractivity contribution < 1.29 is 19.3 Å². The first-order chi connectivity index (χ1) is 10.9. The van der Waals surface area contributed by atoms with E-state index in [9.17, 15) is 5.11 Å². The standard InChI is InChI=1S/C18H29NO4.ClH/c1-18(2,3)16-11-15(21-4)5-6-17(16)23-13-14(20)12-19-7-9-22-10-8-19;/h5-6,11,14,20H,7-10,12-13H2,1-4H3;1H. The van der Waals surface area contributed by atoms with Crippen molar-refractivity contribution in [2.45, 2.75) is 32.3 Å². The zero-order valence-corrected chi connectivity index (χ0v) is 15.9. The number of methoxy groups -OCH3 is 1. The smallest absolute Gasteiger partial charge is 0.123 e. The highest BCUT2D eigenvalue weighted by molar-refractivity contribution is 5.85. The van der Waals surface area contributed by atoms with Crippen LogP contribution in [0.4, 0.5) is 0 Å². The summed E-state index contributed by atoms with van der Waals surface area (Å²) in [5.74, 6) is 1.62. The van der Waals surface area contributed by atoms with E-state index in [-0.39, 0.29) is 24.4 Å². The minimum Gasteiger partial charge on any atom is -0.497 e. The third kappa shape index (κ3) is 6.13. The molecule has 1 N–H and O–H groups in total. The summed E-state index contributed by atoms with van der Waals surface area (Å²) in [6.45, 7) is 10.5. The number of benzene rings is 1. The normalized spacial score (nSPS) is 17.0. The predicted octanol–water partition coefficient (Wildman–Crippen LogP) is 2.49. The average Bonchev–Trinajstić information content (AvgIpc) is 2.53. The number of aliphatic hydroxyl groups excluding tert-OH is 1. The van der Waals surface area contributed by atoms with Gasteiger partial charge in [-0.25, -0.2) is 0 Å². The number of nitrogens with zero attached hydrogens (tertiary/aromatic N) is 1.